The maximum atomic E-state index is 12.6. The molecule has 0 spiro atoms. The molecule has 3 rings (SSSR count). The highest BCUT2D eigenvalue weighted by atomic mass is 32.2. The van der Waals surface area contributed by atoms with Gasteiger partial charge in [-0.25, -0.2) is 9.59 Å². The quantitative estimate of drug-likeness (QED) is 0.312. The number of hydrogen-bond acceptors (Lipinski definition) is 4. The Morgan fingerprint density at radius 1 is 1.36 bits per heavy atom. The lowest BCUT2D eigenvalue weighted by Crippen LogP contribution is -2.13. The number of hydrogen-bond donors (Lipinski definition) is 0. The van der Waals surface area contributed by atoms with Crippen LogP contribution >= 0.6 is 11.8 Å². The highest BCUT2D eigenvalue weighted by Gasteiger charge is 2.40. The Bertz CT molecular complexity index is 788. The molecule has 1 aliphatic carbocycles. The van der Waals surface area contributed by atoms with Crippen LogP contribution in [0.25, 0.3) is 0 Å². The summed E-state index contributed by atoms with van der Waals surface area (Å²) in [6, 6.07) is 0. The van der Waals surface area contributed by atoms with Crippen LogP contribution in [0.2, 0.25) is 0 Å². The van der Waals surface area contributed by atoms with Gasteiger partial charge in [-0.3, -0.25) is 0 Å². The molecule has 0 aromatic rings. The zero-order chi connectivity index (χ0) is 18.1. The van der Waals surface area contributed by atoms with Crippen molar-refractivity contribution in [3.63, 3.8) is 0 Å². The summed E-state index contributed by atoms with van der Waals surface area (Å²) in [5, 5.41) is 2.09. The normalized spacial score (nSPS) is 28.1. The minimum absolute atomic E-state index is 0.166. The molecule has 2 heterocycles. The molecule has 0 aromatic carbocycles. The molecule has 3 aliphatic rings. The van der Waals surface area contributed by atoms with E-state index in [4.69, 9.17) is 4.74 Å². The van der Waals surface area contributed by atoms with Gasteiger partial charge in [0.1, 0.15) is 0 Å². The third-order valence-electron chi connectivity index (χ3n) is 5.30. The SMILES string of the molecule is CCC(C)/C(C1=C=CCC1C)=C1/C(=O)OC(=O)/C1=C(\C)C1=CSCC1. The number of ether oxygens (including phenoxy) is 1. The maximum Gasteiger partial charge on any atom is 0.347 e. The van der Waals surface area contributed by atoms with Gasteiger partial charge in [0.2, 0.25) is 0 Å². The first kappa shape index (κ1) is 18.0. The highest BCUT2D eigenvalue weighted by molar-refractivity contribution is 8.02. The summed E-state index contributed by atoms with van der Waals surface area (Å²) in [5.74, 6) is 0.480. The highest BCUT2D eigenvalue weighted by Crippen LogP contribution is 2.41. The summed E-state index contributed by atoms with van der Waals surface area (Å²) >= 11 is 1.75. The van der Waals surface area contributed by atoms with Crippen LogP contribution in [-0.4, -0.2) is 17.7 Å². The van der Waals surface area contributed by atoms with Crippen molar-refractivity contribution in [3.05, 3.63) is 50.7 Å². The number of carbonyl (C=O) groups excluding carboxylic acids is 2. The van der Waals surface area contributed by atoms with E-state index in [0.29, 0.717) is 17.1 Å². The third-order valence-corrected chi connectivity index (χ3v) is 6.19. The molecule has 132 valence electrons. The number of allylic oxidation sites excluding steroid dienone is 4. The first-order valence-corrected chi connectivity index (χ1v) is 9.98. The van der Waals surface area contributed by atoms with Crippen LogP contribution < -0.4 is 0 Å². The van der Waals surface area contributed by atoms with Gasteiger partial charge in [-0.15, -0.1) is 17.5 Å². The van der Waals surface area contributed by atoms with Crippen molar-refractivity contribution in [2.45, 2.75) is 47.0 Å². The van der Waals surface area contributed by atoms with Gasteiger partial charge >= 0.3 is 11.9 Å². The number of cyclic esters (lactones) is 2. The molecule has 1 saturated heterocycles. The minimum atomic E-state index is -0.508. The van der Waals surface area contributed by atoms with E-state index in [-0.39, 0.29) is 5.92 Å². The van der Waals surface area contributed by atoms with E-state index in [0.717, 1.165) is 47.3 Å². The number of rotatable bonds is 4. The smallest absolute Gasteiger partial charge is 0.347 e. The standard InChI is InChI=1S/C21H24O3S/c1-5-12(2)17(16-8-6-7-13(16)3)19-18(20(22)24-21(19)23)14(4)15-9-10-25-11-15/h6,11-13H,5,7,9-10H2,1-4H3/b18-14+,19-17-. The van der Waals surface area contributed by atoms with E-state index < -0.39 is 11.9 Å². The van der Waals surface area contributed by atoms with Crippen molar-refractivity contribution in [2.24, 2.45) is 11.8 Å². The molecule has 2 aliphatic heterocycles. The molecule has 4 heteroatoms. The van der Waals surface area contributed by atoms with Gasteiger partial charge < -0.3 is 4.74 Å². The lowest BCUT2D eigenvalue weighted by molar-refractivity contribution is -0.149. The van der Waals surface area contributed by atoms with Crippen molar-refractivity contribution < 1.29 is 14.3 Å². The molecule has 3 nitrogen and oxygen atoms in total. The van der Waals surface area contributed by atoms with E-state index in [1.54, 1.807) is 11.8 Å². The fraction of sp³-hybridized carbons (Fsp3) is 0.476. The van der Waals surface area contributed by atoms with E-state index in [1.165, 1.54) is 0 Å². The van der Waals surface area contributed by atoms with Gasteiger partial charge in [0.15, 0.2) is 0 Å². The Morgan fingerprint density at radius 3 is 2.64 bits per heavy atom. The van der Waals surface area contributed by atoms with Crippen LogP contribution in [0.5, 0.6) is 0 Å². The molecule has 1 fully saturated rings. The number of carbonyl (C=O) groups is 2. The molecular weight excluding hydrogens is 332 g/mol. The molecule has 0 saturated carbocycles. The number of esters is 2. The van der Waals surface area contributed by atoms with Gasteiger partial charge in [0, 0.05) is 11.3 Å². The van der Waals surface area contributed by atoms with Crippen molar-refractivity contribution in [3.8, 4) is 0 Å². The fourth-order valence-corrected chi connectivity index (χ4v) is 4.55. The molecule has 2 atom stereocenters. The second kappa shape index (κ2) is 7.23. The van der Waals surface area contributed by atoms with Crippen LogP contribution in [-0.2, 0) is 14.3 Å². The summed E-state index contributed by atoms with van der Waals surface area (Å²) < 4.78 is 5.06. The van der Waals surface area contributed by atoms with E-state index in [9.17, 15) is 9.59 Å². The van der Waals surface area contributed by atoms with Crippen molar-refractivity contribution in [2.75, 3.05) is 5.75 Å². The molecule has 0 bridgehead atoms. The van der Waals surface area contributed by atoms with E-state index in [1.807, 2.05) is 13.0 Å². The Kier molecular flexibility index (Phi) is 5.21. The van der Waals surface area contributed by atoms with Gasteiger partial charge in [0.05, 0.1) is 11.1 Å². The van der Waals surface area contributed by atoms with Gasteiger partial charge in [-0.1, -0.05) is 20.8 Å². The first-order chi connectivity index (χ1) is 12.0. The molecular formula is C21H24O3S. The van der Waals surface area contributed by atoms with Crippen LogP contribution in [0.1, 0.15) is 47.0 Å². The van der Waals surface area contributed by atoms with E-state index >= 15 is 0 Å². The lowest BCUT2D eigenvalue weighted by Gasteiger charge is -2.21. The third kappa shape index (κ3) is 3.21. The molecule has 0 N–H and O–H groups in total. The largest absolute Gasteiger partial charge is 0.386 e. The lowest BCUT2D eigenvalue weighted by atomic mass is 9.80. The average Bonchev–Trinajstić information content (AvgIpc) is 3.30. The van der Waals surface area contributed by atoms with E-state index in [2.05, 4.69) is 31.9 Å². The predicted octanol–water partition coefficient (Wildman–Crippen LogP) is 4.87. The zero-order valence-corrected chi connectivity index (χ0v) is 16.1. The monoisotopic (exact) mass is 356 g/mol. The molecule has 0 amide bonds. The van der Waals surface area contributed by atoms with Crippen LogP contribution in [0.15, 0.2) is 50.7 Å². The first-order valence-electron chi connectivity index (χ1n) is 8.94. The average molecular weight is 356 g/mol. The van der Waals surface area contributed by atoms with Crippen LogP contribution in [0.4, 0.5) is 0 Å². The molecule has 25 heavy (non-hydrogen) atoms. The zero-order valence-electron chi connectivity index (χ0n) is 15.3. The summed E-state index contributed by atoms with van der Waals surface area (Å²) in [7, 11) is 0. The summed E-state index contributed by atoms with van der Waals surface area (Å²) in [5.41, 5.74) is 8.28. The van der Waals surface area contributed by atoms with Crippen LogP contribution in [0.3, 0.4) is 0 Å². The Labute approximate surface area is 153 Å². The molecule has 2 unspecified atom stereocenters. The Morgan fingerprint density at radius 2 is 2.08 bits per heavy atom. The van der Waals surface area contributed by atoms with Crippen molar-refractivity contribution in [1.29, 1.82) is 0 Å². The predicted molar refractivity (Wildman–Crippen MR) is 101 cm³/mol. The Hall–Kier alpha value is -1.77. The second-order valence-corrected chi connectivity index (χ2v) is 7.91. The second-order valence-electron chi connectivity index (χ2n) is 6.94. The van der Waals surface area contributed by atoms with Gasteiger partial charge in [0.25, 0.3) is 0 Å². The Balaban J connectivity index is 2.25. The number of thioether (sulfide) groups is 1. The fourth-order valence-electron chi connectivity index (χ4n) is 3.60. The van der Waals surface area contributed by atoms with Gasteiger partial charge in [-0.05, 0) is 66.2 Å². The molecule has 0 radical (unpaired) electrons. The van der Waals surface area contributed by atoms with Crippen molar-refractivity contribution in [1.82, 2.24) is 0 Å². The topological polar surface area (TPSA) is 43.4 Å². The van der Waals surface area contributed by atoms with Gasteiger partial charge in [-0.2, -0.15) is 0 Å². The molecule has 0 aromatic heterocycles. The summed E-state index contributed by atoms with van der Waals surface area (Å²) in [4.78, 5) is 25.1. The minimum Gasteiger partial charge on any atom is -0.386 e. The summed E-state index contributed by atoms with van der Waals surface area (Å²) in [6.45, 7) is 8.28. The van der Waals surface area contributed by atoms with Crippen molar-refractivity contribution >= 4 is 23.7 Å². The maximum absolute atomic E-state index is 12.6. The summed E-state index contributed by atoms with van der Waals surface area (Å²) in [6.07, 6.45) is 4.76. The van der Waals surface area contributed by atoms with Crippen LogP contribution in [0, 0.1) is 11.8 Å².